The third-order valence-electron chi connectivity index (χ3n) is 6.80. The van der Waals surface area contributed by atoms with Crippen LogP contribution in [0, 0.1) is 12.3 Å². The number of aliphatic hydroxyl groups excluding tert-OH is 1. The maximum Gasteiger partial charge on any atom is 0.127 e. The van der Waals surface area contributed by atoms with Gasteiger partial charge in [0.2, 0.25) is 0 Å². The van der Waals surface area contributed by atoms with Gasteiger partial charge >= 0.3 is 0 Å². The molecule has 2 aromatic rings. The highest BCUT2D eigenvalue weighted by Crippen LogP contribution is 2.45. The van der Waals surface area contributed by atoms with E-state index < -0.39 is 5.60 Å². The maximum absolute atomic E-state index is 10.3. The molecule has 0 aromatic carbocycles. The molecule has 4 rings (SSSR count). The first-order valence-electron chi connectivity index (χ1n) is 10.6. The maximum atomic E-state index is 10.3. The van der Waals surface area contributed by atoms with Crippen LogP contribution < -0.4 is 0 Å². The van der Waals surface area contributed by atoms with Crippen LogP contribution in [-0.4, -0.2) is 50.4 Å². The largest absolute Gasteiger partial charge is 0.393 e. The molecule has 1 aliphatic carbocycles. The second kappa shape index (κ2) is 7.63. The minimum atomic E-state index is -0.905. The SMILES string of the molecule is Cc1nc(CN2CCC(O)(CO)CC2)c2cc(C3CCC(C)(C)CC3)sc2n1. The highest BCUT2D eigenvalue weighted by molar-refractivity contribution is 7.18. The monoisotopic (exact) mass is 403 g/mol. The van der Waals surface area contributed by atoms with Crippen LogP contribution in [0.3, 0.4) is 0 Å². The molecule has 2 aliphatic rings. The molecule has 3 heterocycles. The zero-order chi connectivity index (χ0) is 19.9. The normalized spacial score (nSPS) is 23.3. The first-order valence-corrected chi connectivity index (χ1v) is 11.4. The number of likely N-dealkylation sites (tertiary alicyclic amines) is 1. The van der Waals surface area contributed by atoms with Crippen molar-refractivity contribution in [3.05, 3.63) is 22.5 Å². The standard InChI is InChI=1S/C22H33N3O2S/c1-15-23-18(13-25-10-8-22(27,14-26)9-11-25)17-12-19(28-20(17)24-15)16-4-6-21(2,3)7-5-16/h12,16,26-27H,4-11,13-14H2,1-3H3. The van der Waals surface area contributed by atoms with Gasteiger partial charge in [-0.3, -0.25) is 4.90 Å². The number of nitrogens with zero attached hydrogens (tertiary/aromatic N) is 3. The van der Waals surface area contributed by atoms with Crippen molar-refractivity contribution in [2.24, 2.45) is 5.41 Å². The summed E-state index contributed by atoms with van der Waals surface area (Å²) in [6, 6.07) is 2.35. The molecule has 2 N–H and O–H groups in total. The Bertz CT molecular complexity index is 830. The van der Waals surface area contributed by atoms with Gasteiger partial charge < -0.3 is 10.2 Å². The Balaban J connectivity index is 1.53. The average Bonchev–Trinajstić information content (AvgIpc) is 3.07. The van der Waals surface area contributed by atoms with Crippen molar-refractivity contribution in [3.63, 3.8) is 0 Å². The van der Waals surface area contributed by atoms with E-state index in [0.717, 1.165) is 36.0 Å². The number of rotatable bonds is 4. The van der Waals surface area contributed by atoms with Gasteiger partial charge in [0.1, 0.15) is 10.7 Å². The van der Waals surface area contributed by atoms with Crippen LogP contribution in [0.1, 0.15) is 74.7 Å². The van der Waals surface area contributed by atoms with Gasteiger partial charge in [0, 0.05) is 29.9 Å². The number of aromatic nitrogens is 2. The second-order valence-electron chi connectivity index (χ2n) is 9.68. The first-order chi connectivity index (χ1) is 13.3. The number of piperidine rings is 1. The van der Waals surface area contributed by atoms with E-state index in [0.29, 0.717) is 24.2 Å². The lowest BCUT2D eigenvalue weighted by Crippen LogP contribution is -2.46. The summed E-state index contributed by atoms with van der Waals surface area (Å²) in [7, 11) is 0. The van der Waals surface area contributed by atoms with E-state index in [-0.39, 0.29) is 6.61 Å². The van der Waals surface area contributed by atoms with Crippen LogP contribution in [-0.2, 0) is 6.54 Å². The molecule has 28 heavy (non-hydrogen) atoms. The van der Waals surface area contributed by atoms with Gasteiger partial charge in [-0.25, -0.2) is 9.97 Å². The predicted octanol–water partition coefficient (Wildman–Crippen LogP) is 4.00. The van der Waals surface area contributed by atoms with Crippen LogP contribution in [0.2, 0.25) is 0 Å². The number of thiophene rings is 1. The van der Waals surface area contributed by atoms with Crippen molar-refractivity contribution >= 4 is 21.6 Å². The third kappa shape index (κ3) is 4.25. The summed E-state index contributed by atoms with van der Waals surface area (Å²) in [5.41, 5.74) is 0.688. The van der Waals surface area contributed by atoms with Gasteiger partial charge in [-0.05, 0) is 62.8 Å². The molecule has 1 aliphatic heterocycles. The van der Waals surface area contributed by atoms with Gasteiger partial charge in [-0.15, -0.1) is 11.3 Å². The predicted molar refractivity (Wildman–Crippen MR) is 114 cm³/mol. The molecule has 1 saturated heterocycles. The fourth-order valence-corrected chi connectivity index (χ4v) is 5.89. The molecule has 0 spiro atoms. The summed E-state index contributed by atoms with van der Waals surface area (Å²) < 4.78 is 0. The lowest BCUT2D eigenvalue weighted by molar-refractivity contribution is -0.0607. The summed E-state index contributed by atoms with van der Waals surface area (Å²) >= 11 is 1.85. The van der Waals surface area contributed by atoms with E-state index in [1.807, 2.05) is 18.3 Å². The Morgan fingerprint density at radius 1 is 1.14 bits per heavy atom. The molecule has 2 fully saturated rings. The van der Waals surface area contributed by atoms with Crippen molar-refractivity contribution in [1.82, 2.24) is 14.9 Å². The van der Waals surface area contributed by atoms with Crippen LogP contribution in [0.5, 0.6) is 0 Å². The van der Waals surface area contributed by atoms with E-state index >= 15 is 0 Å². The van der Waals surface area contributed by atoms with E-state index in [1.165, 1.54) is 35.9 Å². The summed E-state index contributed by atoms with van der Waals surface area (Å²) in [5, 5.41) is 20.8. The number of hydrogen-bond donors (Lipinski definition) is 2. The zero-order valence-corrected chi connectivity index (χ0v) is 18.2. The molecule has 1 saturated carbocycles. The molecule has 0 unspecified atom stereocenters. The van der Waals surface area contributed by atoms with E-state index in [2.05, 4.69) is 24.8 Å². The van der Waals surface area contributed by atoms with Crippen molar-refractivity contribution < 1.29 is 10.2 Å². The first kappa shape index (κ1) is 20.2. The molecule has 6 heteroatoms. The quantitative estimate of drug-likeness (QED) is 0.807. The number of hydrogen-bond acceptors (Lipinski definition) is 6. The Kier molecular flexibility index (Phi) is 5.51. The van der Waals surface area contributed by atoms with E-state index in [1.54, 1.807) is 0 Å². The van der Waals surface area contributed by atoms with Crippen LogP contribution in [0.15, 0.2) is 6.07 Å². The van der Waals surface area contributed by atoms with Crippen molar-refractivity contribution in [2.45, 2.75) is 77.4 Å². The molecule has 154 valence electrons. The summed E-state index contributed by atoms with van der Waals surface area (Å²) in [6.45, 7) is 8.97. The third-order valence-corrected chi connectivity index (χ3v) is 7.99. The molecular formula is C22H33N3O2S. The highest BCUT2D eigenvalue weighted by atomic mass is 32.1. The Hall–Kier alpha value is -1.08. The molecular weight excluding hydrogens is 370 g/mol. The minimum Gasteiger partial charge on any atom is -0.393 e. The fraction of sp³-hybridized carbons (Fsp3) is 0.727. The lowest BCUT2D eigenvalue weighted by Gasteiger charge is -2.36. The lowest BCUT2D eigenvalue weighted by atomic mass is 9.73. The van der Waals surface area contributed by atoms with Crippen LogP contribution in [0.4, 0.5) is 0 Å². The molecule has 5 nitrogen and oxygen atoms in total. The van der Waals surface area contributed by atoms with E-state index in [4.69, 9.17) is 9.97 Å². The smallest absolute Gasteiger partial charge is 0.127 e. The Labute approximate surface area is 171 Å². The van der Waals surface area contributed by atoms with Gasteiger partial charge in [-0.1, -0.05) is 13.8 Å². The average molecular weight is 404 g/mol. The van der Waals surface area contributed by atoms with Crippen molar-refractivity contribution in [2.75, 3.05) is 19.7 Å². The summed E-state index contributed by atoms with van der Waals surface area (Å²) in [4.78, 5) is 14.4. The Morgan fingerprint density at radius 3 is 2.46 bits per heavy atom. The molecule has 0 atom stereocenters. The number of aryl methyl sites for hydroxylation is 1. The van der Waals surface area contributed by atoms with Gasteiger partial charge in [0.25, 0.3) is 0 Å². The molecule has 0 amide bonds. The summed E-state index contributed by atoms with van der Waals surface area (Å²) in [5.74, 6) is 1.50. The van der Waals surface area contributed by atoms with E-state index in [9.17, 15) is 10.2 Å². The molecule has 0 bridgehead atoms. The highest BCUT2D eigenvalue weighted by Gasteiger charge is 2.32. The van der Waals surface area contributed by atoms with Crippen molar-refractivity contribution in [1.29, 1.82) is 0 Å². The van der Waals surface area contributed by atoms with Gasteiger partial charge in [0.15, 0.2) is 0 Å². The zero-order valence-electron chi connectivity index (χ0n) is 17.4. The molecule has 2 aromatic heterocycles. The van der Waals surface area contributed by atoms with Crippen LogP contribution in [0.25, 0.3) is 10.2 Å². The minimum absolute atomic E-state index is 0.149. The molecule has 0 radical (unpaired) electrons. The number of fused-ring (bicyclic) bond motifs is 1. The fourth-order valence-electron chi connectivity index (χ4n) is 4.62. The van der Waals surface area contributed by atoms with Crippen LogP contribution >= 0.6 is 11.3 Å². The van der Waals surface area contributed by atoms with Gasteiger partial charge in [-0.2, -0.15) is 0 Å². The Morgan fingerprint density at radius 2 is 1.82 bits per heavy atom. The topological polar surface area (TPSA) is 69.5 Å². The summed E-state index contributed by atoms with van der Waals surface area (Å²) in [6.07, 6.45) is 6.36. The van der Waals surface area contributed by atoms with Crippen molar-refractivity contribution in [3.8, 4) is 0 Å². The number of aliphatic hydroxyl groups is 2. The second-order valence-corrected chi connectivity index (χ2v) is 10.7. The van der Waals surface area contributed by atoms with Gasteiger partial charge in [0.05, 0.1) is 17.9 Å².